The van der Waals surface area contributed by atoms with E-state index in [-0.39, 0.29) is 23.8 Å². The van der Waals surface area contributed by atoms with Crippen LogP contribution in [0.4, 0.5) is 0 Å². The second-order valence-electron chi connectivity index (χ2n) is 5.65. The maximum atomic E-state index is 12.3. The molecule has 1 fully saturated rings. The number of nitrogens with one attached hydrogen (secondary N) is 1. The molecule has 0 radical (unpaired) electrons. The van der Waals surface area contributed by atoms with Crippen molar-refractivity contribution in [3.8, 4) is 6.07 Å². The fourth-order valence-corrected chi connectivity index (χ4v) is 3.55. The van der Waals surface area contributed by atoms with Gasteiger partial charge in [-0.25, -0.2) is 0 Å². The number of aliphatic imine (C=N–C) groups is 1. The van der Waals surface area contributed by atoms with Crippen LogP contribution < -0.4 is 5.32 Å². The molecule has 2 N–H and O–H groups in total. The van der Waals surface area contributed by atoms with Crippen LogP contribution in [0.25, 0.3) is 0 Å². The van der Waals surface area contributed by atoms with Crippen LogP contribution in [0.2, 0.25) is 0 Å². The van der Waals surface area contributed by atoms with E-state index >= 15 is 0 Å². The van der Waals surface area contributed by atoms with E-state index in [9.17, 15) is 9.59 Å². The number of carbonyl (C=O) groups excluding carboxylic acids is 2. The Morgan fingerprint density at radius 1 is 1.40 bits per heavy atom. The number of hydrogen-bond acceptors (Lipinski definition) is 5. The number of amidine groups is 1. The number of nitriles is 1. The predicted molar refractivity (Wildman–Crippen MR) is 96.2 cm³/mol. The van der Waals surface area contributed by atoms with Crippen molar-refractivity contribution in [2.45, 2.75) is 24.6 Å². The van der Waals surface area contributed by atoms with Gasteiger partial charge in [0, 0.05) is 31.8 Å². The zero-order valence-electron chi connectivity index (χ0n) is 14.1. The molecule has 0 spiro atoms. The Morgan fingerprint density at radius 3 is 2.68 bits per heavy atom. The molecule has 7 nitrogen and oxygen atoms in total. The molecule has 1 aliphatic rings. The van der Waals surface area contributed by atoms with Crippen molar-refractivity contribution in [1.82, 2.24) is 10.2 Å². The van der Waals surface area contributed by atoms with Gasteiger partial charge in [0.05, 0.1) is 11.6 Å². The predicted octanol–water partition coefficient (Wildman–Crippen LogP) is 0.989. The minimum absolute atomic E-state index is 0.0271. The van der Waals surface area contributed by atoms with Crippen molar-refractivity contribution in [3.63, 3.8) is 0 Å². The van der Waals surface area contributed by atoms with Crippen LogP contribution in [-0.2, 0) is 4.79 Å². The average Bonchev–Trinajstić information content (AvgIpc) is 2.90. The standard InChI is InChI=1S/C17H20N4O3S/c1-11-14(16(24)19-8-3-9-22)25-17(21(11)2)20-15(23)13-6-4-12(10-18)5-7-13/h4-7,11,14,22H,3,8-9H2,1-2H3,(H,19,24). The fraction of sp³-hybridized carbons (Fsp3) is 0.412. The second kappa shape index (κ2) is 8.65. The lowest BCUT2D eigenvalue weighted by Gasteiger charge is -2.19. The van der Waals surface area contributed by atoms with E-state index in [1.54, 1.807) is 31.3 Å². The highest BCUT2D eigenvalue weighted by atomic mass is 32.2. The van der Waals surface area contributed by atoms with Crippen LogP contribution in [0.3, 0.4) is 0 Å². The molecule has 1 aliphatic heterocycles. The van der Waals surface area contributed by atoms with E-state index < -0.39 is 5.91 Å². The first-order valence-corrected chi connectivity index (χ1v) is 8.77. The summed E-state index contributed by atoms with van der Waals surface area (Å²) in [6.07, 6.45) is 0.505. The number of aliphatic hydroxyl groups is 1. The SMILES string of the molecule is CC1C(C(=O)NCCCO)SC(=NC(=O)c2ccc(C#N)cc2)N1C. The summed E-state index contributed by atoms with van der Waals surface area (Å²) in [6.45, 7) is 2.34. The molecule has 132 valence electrons. The molecule has 0 aliphatic carbocycles. The Kier molecular flexibility index (Phi) is 6.56. The quantitative estimate of drug-likeness (QED) is 0.759. The molecule has 25 heavy (non-hydrogen) atoms. The minimum atomic E-state index is -0.410. The smallest absolute Gasteiger partial charge is 0.279 e. The van der Waals surface area contributed by atoms with E-state index in [0.717, 1.165) is 0 Å². The number of benzene rings is 1. The third-order valence-electron chi connectivity index (χ3n) is 3.93. The summed E-state index contributed by atoms with van der Waals surface area (Å²) >= 11 is 1.25. The average molecular weight is 360 g/mol. The molecule has 1 aromatic rings. The highest BCUT2D eigenvalue weighted by molar-refractivity contribution is 8.15. The van der Waals surface area contributed by atoms with Gasteiger partial charge in [-0.1, -0.05) is 11.8 Å². The highest BCUT2D eigenvalue weighted by Crippen LogP contribution is 2.30. The zero-order valence-corrected chi connectivity index (χ0v) is 14.9. The Labute approximate surface area is 150 Å². The normalized spacial score (nSPS) is 21.2. The molecule has 2 amide bonds. The van der Waals surface area contributed by atoms with Crippen LogP contribution >= 0.6 is 11.8 Å². The summed E-state index contributed by atoms with van der Waals surface area (Å²) in [4.78, 5) is 30.5. The molecule has 2 unspecified atom stereocenters. The summed E-state index contributed by atoms with van der Waals surface area (Å²) in [6, 6.07) is 8.16. The van der Waals surface area contributed by atoms with Gasteiger partial charge in [0.15, 0.2) is 5.17 Å². The Bertz CT molecular complexity index is 712. The topological polar surface area (TPSA) is 106 Å². The van der Waals surface area contributed by atoms with E-state index in [2.05, 4.69) is 10.3 Å². The van der Waals surface area contributed by atoms with E-state index in [1.165, 1.54) is 11.8 Å². The van der Waals surface area contributed by atoms with Crippen molar-refractivity contribution >= 4 is 28.7 Å². The molecule has 0 saturated carbocycles. The van der Waals surface area contributed by atoms with Crippen LogP contribution in [0.15, 0.2) is 29.3 Å². The minimum Gasteiger partial charge on any atom is -0.396 e. The van der Waals surface area contributed by atoms with Gasteiger partial charge in [-0.2, -0.15) is 10.3 Å². The number of hydrogen-bond donors (Lipinski definition) is 2. The first-order chi connectivity index (χ1) is 12.0. The highest BCUT2D eigenvalue weighted by Gasteiger charge is 2.38. The van der Waals surface area contributed by atoms with Crippen molar-refractivity contribution in [2.75, 3.05) is 20.2 Å². The number of nitrogens with zero attached hydrogens (tertiary/aromatic N) is 3. The van der Waals surface area contributed by atoms with E-state index in [4.69, 9.17) is 10.4 Å². The number of aliphatic hydroxyl groups excluding tert-OH is 1. The van der Waals surface area contributed by atoms with Crippen molar-refractivity contribution in [3.05, 3.63) is 35.4 Å². The molecule has 8 heteroatoms. The summed E-state index contributed by atoms with van der Waals surface area (Å²) in [5, 5.41) is 20.5. The van der Waals surface area contributed by atoms with Gasteiger partial charge in [-0.15, -0.1) is 0 Å². The zero-order chi connectivity index (χ0) is 18.4. The first-order valence-electron chi connectivity index (χ1n) is 7.89. The Balaban J connectivity index is 2.08. The lowest BCUT2D eigenvalue weighted by atomic mass is 10.1. The third kappa shape index (κ3) is 4.59. The Hall–Kier alpha value is -2.37. The van der Waals surface area contributed by atoms with Gasteiger partial charge >= 0.3 is 0 Å². The second-order valence-corrected chi connectivity index (χ2v) is 6.76. The van der Waals surface area contributed by atoms with Gasteiger partial charge in [-0.3, -0.25) is 9.59 Å². The van der Waals surface area contributed by atoms with Gasteiger partial charge < -0.3 is 15.3 Å². The molecule has 1 saturated heterocycles. The molecule has 2 atom stereocenters. The molecular weight excluding hydrogens is 340 g/mol. The van der Waals surface area contributed by atoms with Gasteiger partial charge in [0.2, 0.25) is 5.91 Å². The molecule has 0 aromatic heterocycles. The molecule has 1 aromatic carbocycles. The lowest BCUT2D eigenvalue weighted by molar-refractivity contribution is -0.121. The molecular formula is C17H20N4O3S. The van der Waals surface area contributed by atoms with Crippen molar-refractivity contribution in [2.24, 2.45) is 4.99 Å². The Morgan fingerprint density at radius 2 is 2.08 bits per heavy atom. The molecule has 2 rings (SSSR count). The van der Waals surface area contributed by atoms with Gasteiger partial charge in [-0.05, 0) is 37.6 Å². The summed E-state index contributed by atoms with van der Waals surface area (Å²) in [7, 11) is 1.80. The maximum Gasteiger partial charge on any atom is 0.279 e. The fourth-order valence-electron chi connectivity index (χ4n) is 2.28. The van der Waals surface area contributed by atoms with Gasteiger partial charge in [0.1, 0.15) is 5.25 Å². The van der Waals surface area contributed by atoms with Crippen molar-refractivity contribution in [1.29, 1.82) is 5.26 Å². The summed E-state index contributed by atoms with van der Waals surface area (Å²) in [5.41, 5.74) is 0.869. The number of rotatable bonds is 5. The van der Waals surface area contributed by atoms with Crippen LogP contribution in [0, 0.1) is 11.3 Å². The molecule has 1 heterocycles. The lowest BCUT2D eigenvalue weighted by Crippen LogP contribution is -2.41. The number of amides is 2. The largest absolute Gasteiger partial charge is 0.396 e. The molecule has 0 bridgehead atoms. The van der Waals surface area contributed by atoms with Crippen LogP contribution in [-0.4, -0.2) is 58.5 Å². The summed E-state index contributed by atoms with van der Waals surface area (Å²) in [5.74, 6) is -0.541. The van der Waals surface area contributed by atoms with Crippen LogP contribution in [0.5, 0.6) is 0 Å². The third-order valence-corrected chi connectivity index (χ3v) is 5.39. The monoisotopic (exact) mass is 360 g/mol. The maximum absolute atomic E-state index is 12.3. The first kappa shape index (κ1) is 19.0. The van der Waals surface area contributed by atoms with Gasteiger partial charge in [0.25, 0.3) is 5.91 Å². The van der Waals surface area contributed by atoms with E-state index in [0.29, 0.717) is 29.3 Å². The van der Waals surface area contributed by atoms with E-state index in [1.807, 2.05) is 17.9 Å². The number of thioether (sulfide) groups is 1. The van der Waals surface area contributed by atoms with Crippen molar-refractivity contribution < 1.29 is 14.7 Å². The summed E-state index contributed by atoms with van der Waals surface area (Å²) < 4.78 is 0. The van der Waals surface area contributed by atoms with Crippen LogP contribution in [0.1, 0.15) is 29.3 Å². The number of carbonyl (C=O) groups is 2.